The van der Waals surface area contributed by atoms with Crippen LogP contribution in [0.5, 0.6) is 0 Å². The van der Waals surface area contributed by atoms with E-state index >= 15 is 0 Å². The normalized spacial score (nSPS) is 10.8. The smallest absolute Gasteiger partial charge is 0.396 e. The molecule has 0 aliphatic rings. The number of anilines is 1. The number of nitrogens with zero attached hydrogens (tertiary/aromatic N) is 7. The third-order valence-corrected chi connectivity index (χ3v) is 1.98. The van der Waals surface area contributed by atoms with Gasteiger partial charge in [-0.2, -0.15) is 0 Å². The number of nitro groups is 3. The Kier molecular flexibility index (Phi) is 3.68. The zero-order valence-electron chi connectivity index (χ0n) is 9.20. The molecule has 0 aromatic carbocycles. The molecule has 0 radical (unpaired) electrons. The lowest BCUT2D eigenvalue weighted by molar-refractivity contribution is -0.965. The van der Waals surface area contributed by atoms with Crippen molar-refractivity contribution < 1.29 is 19.6 Å². The summed E-state index contributed by atoms with van der Waals surface area (Å²) in [5.41, 5.74) is 0. The largest absolute Gasteiger partial charge is 0.717 e. The van der Waals surface area contributed by atoms with Crippen molar-refractivity contribution in [2.24, 2.45) is 0 Å². The molecule has 1 heterocycles. The van der Waals surface area contributed by atoms with Gasteiger partial charge >= 0.3 is 5.79 Å². The molecule has 0 spiro atoms. The van der Waals surface area contributed by atoms with Crippen LogP contribution in [0.15, 0.2) is 0 Å². The third kappa shape index (κ3) is 2.28. The van der Waals surface area contributed by atoms with Crippen LogP contribution in [0.3, 0.4) is 0 Å². The molecule has 0 amide bonds. The van der Waals surface area contributed by atoms with E-state index in [-0.39, 0.29) is 5.95 Å². The molecule has 0 atom stereocenters. The van der Waals surface area contributed by atoms with Gasteiger partial charge in [0.2, 0.25) is 6.54 Å². The third-order valence-electron chi connectivity index (χ3n) is 1.98. The van der Waals surface area contributed by atoms with E-state index < -0.39 is 27.1 Å². The first-order valence-corrected chi connectivity index (χ1v) is 4.36. The quantitative estimate of drug-likeness (QED) is 0.317. The lowest BCUT2D eigenvalue weighted by atomic mass is 10.4. The fraction of sp³-hybridized carbons (Fsp3) is 0.750. The van der Waals surface area contributed by atoms with Crippen molar-refractivity contribution in [3.05, 3.63) is 30.3 Å². The van der Waals surface area contributed by atoms with Crippen molar-refractivity contribution in [3.8, 4) is 0 Å². The molecular weight excluding hydrogens is 272 g/mol. The minimum Gasteiger partial charge on any atom is -0.396 e. The fourth-order valence-electron chi connectivity index (χ4n) is 0.997. The maximum Gasteiger partial charge on any atom is 0.717 e. The summed E-state index contributed by atoms with van der Waals surface area (Å²) in [6, 6.07) is 0. The topological polar surface area (TPSA) is 194 Å². The first-order valence-electron chi connectivity index (χ1n) is 4.36. The summed E-state index contributed by atoms with van der Waals surface area (Å²) in [6.45, 7) is -1.27. The predicted octanol–water partition coefficient (Wildman–Crippen LogP) is -2.37. The highest BCUT2D eigenvalue weighted by atomic mass is 16.7. The number of hydrogen-bond donors (Lipinski definition) is 1. The summed E-state index contributed by atoms with van der Waals surface area (Å²) in [4.78, 5) is 32.1. The molecule has 15 heteroatoms. The molecule has 0 aliphatic heterocycles. The number of tetrazole rings is 1. The summed E-state index contributed by atoms with van der Waals surface area (Å²) in [6.07, 6.45) is 0. The van der Waals surface area contributed by atoms with Gasteiger partial charge in [0.25, 0.3) is 5.95 Å². The Labute approximate surface area is 102 Å². The minimum absolute atomic E-state index is 0.363. The van der Waals surface area contributed by atoms with Gasteiger partial charge in [0.15, 0.2) is 14.8 Å². The van der Waals surface area contributed by atoms with Crippen molar-refractivity contribution in [1.82, 2.24) is 20.4 Å². The molecule has 1 rings (SSSR count). The van der Waals surface area contributed by atoms with Gasteiger partial charge in [0, 0.05) is 0 Å². The van der Waals surface area contributed by atoms with Crippen molar-refractivity contribution >= 4 is 5.95 Å². The molecule has 0 bridgehead atoms. The first-order chi connectivity index (χ1) is 8.86. The van der Waals surface area contributed by atoms with Crippen molar-refractivity contribution in [1.29, 1.82) is 0 Å². The van der Waals surface area contributed by atoms with Gasteiger partial charge in [-0.1, -0.05) is 5.10 Å². The maximum absolute atomic E-state index is 10.6. The van der Waals surface area contributed by atoms with Gasteiger partial charge in [0.1, 0.15) is 7.11 Å². The summed E-state index contributed by atoms with van der Waals surface area (Å²) in [7, 11) is 1.14. The summed E-state index contributed by atoms with van der Waals surface area (Å²) in [5.74, 6) is -4.01. The molecule has 0 unspecified atom stereocenters. The van der Waals surface area contributed by atoms with E-state index in [1.54, 1.807) is 0 Å². The van der Waals surface area contributed by atoms with E-state index in [1.807, 2.05) is 5.32 Å². The number of aromatic nitrogens is 4. The van der Waals surface area contributed by atoms with Crippen molar-refractivity contribution in [2.45, 2.75) is 5.79 Å². The molecule has 19 heavy (non-hydrogen) atoms. The Hall–Kier alpha value is -3.13. The summed E-state index contributed by atoms with van der Waals surface area (Å²) < 4.78 is 0. The van der Waals surface area contributed by atoms with Crippen LogP contribution in [0.4, 0.5) is 5.95 Å². The van der Waals surface area contributed by atoms with E-state index in [9.17, 15) is 30.3 Å². The van der Waals surface area contributed by atoms with Crippen LogP contribution in [-0.2, 0) is 0 Å². The molecule has 1 N–H and O–H groups in total. The molecule has 104 valence electrons. The molecular formula is C4H6N8O7. The van der Waals surface area contributed by atoms with Crippen molar-refractivity contribution in [3.63, 3.8) is 0 Å². The highest BCUT2D eigenvalue weighted by Gasteiger charge is 2.70. The molecule has 15 nitrogen and oxygen atoms in total. The predicted molar refractivity (Wildman–Crippen MR) is 52.5 cm³/mol. The Bertz CT molecular complexity index is 475. The van der Waals surface area contributed by atoms with Gasteiger partial charge in [-0.15, -0.1) is 0 Å². The van der Waals surface area contributed by atoms with Crippen LogP contribution >= 0.6 is 0 Å². The van der Waals surface area contributed by atoms with Crippen LogP contribution in [-0.4, -0.2) is 54.6 Å². The van der Waals surface area contributed by atoms with E-state index in [1.165, 1.54) is 0 Å². The second-order valence-electron chi connectivity index (χ2n) is 2.96. The zero-order valence-corrected chi connectivity index (χ0v) is 9.20. The number of nitrogens with one attached hydrogen (secondary N) is 1. The van der Waals surface area contributed by atoms with E-state index in [0.717, 1.165) is 7.11 Å². The van der Waals surface area contributed by atoms with Crippen molar-refractivity contribution in [2.75, 3.05) is 19.0 Å². The van der Waals surface area contributed by atoms with E-state index in [4.69, 9.17) is 0 Å². The van der Waals surface area contributed by atoms with E-state index in [2.05, 4.69) is 20.4 Å². The average Bonchev–Trinajstić information content (AvgIpc) is 2.75. The minimum atomic E-state index is -3.65. The SMILES string of the molecule is COn1nnnc1NCC([N+](=O)[O-])([N+](=O)[O-])[N+](=O)[O-]. The molecule has 0 aliphatic carbocycles. The highest BCUT2D eigenvalue weighted by Crippen LogP contribution is 2.13. The van der Waals surface area contributed by atoms with Gasteiger partial charge in [-0.3, -0.25) is 30.3 Å². The number of hydrogen-bond acceptors (Lipinski definition) is 11. The Morgan fingerprint density at radius 2 is 1.79 bits per heavy atom. The van der Waals surface area contributed by atoms with Gasteiger partial charge in [0.05, 0.1) is 0 Å². The number of rotatable bonds is 7. The van der Waals surface area contributed by atoms with E-state index in [0.29, 0.717) is 4.85 Å². The molecule has 0 saturated heterocycles. The summed E-state index contributed by atoms with van der Waals surface area (Å²) >= 11 is 0. The molecule has 1 aromatic rings. The van der Waals surface area contributed by atoms with Gasteiger partial charge in [-0.05, 0) is 15.3 Å². The van der Waals surface area contributed by atoms with Crippen LogP contribution in [0.2, 0.25) is 0 Å². The Morgan fingerprint density at radius 1 is 1.26 bits per heavy atom. The fourth-order valence-corrected chi connectivity index (χ4v) is 0.997. The Morgan fingerprint density at radius 3 is 2.21 bits per heavy atom. The average molecular weight is 278 g/mol. The van der Waals surface area contributed by atoms with Crippen LogP contribution < -0.4 is 10.2 Å². The van der Waals surface area contributed by atoms with Gasteiger partial charge < -0.3 is 10.2 Å². The molecule has 0 saturated carbocycles. The first kappa shape index (κ1) is 13.9. The monoisotopic (exact) mass is 278 g/mol. The maximum atomic E-state index is 10.6. The van der Waals surface area contributed by atoms with Crippen LogP contribution in [0, 0.1) is 30.3 Å². The Balaban J connectivity index is 3.00. The molecule has 1 aromatic heterocycles. The highest BCUT2D eigenvalue weighted by molar-refractivity contribution is 5.20. The lowest BCUT2D eigenvalue weighted by Gasteiger charge is -2.09. The standard InChI is InChI=1S/C4H6N8O7/c1-19-9-3(6-7-8-9)5-2-4(10(13)14,11(15)16)12(17)18/h2H2,1H3,(H,5,6,8). The molecule has 0 fully saturated rings. The van der Waals surface area contributed by atoms with Crippen LogP contribution in [0.1, 0.15) is 0 Å². The second-order valence-corrected chi connectivity index (χ2v) is 2.96. The summed E-state index contributed by atoms with van der Waals surface area (Å²) in [5, 5.41) is 43.4. The lowest BCUT2D eigenvalue weighted by Crippen LogP contribution is -2.58. The zero-order chi connectivity index (χ0) is 14.6. The van der Waals surface area contributed by atoms with Crippen LogP contribution in [0.25, 0.3) is 0 Å². The second kappa shape index (κ2) is 5.02. The van der Waals surface area contributed by atoms with Gasteiger partial charge in [-0.25, -0.2) is 0 Å².